The number of rotatable bonds is 14. The first-order chi connectivity index (χ1) is 10.4. The van der Waals surface area contributed by atoms with Gasteiger partial charge >= 0.3 is 10.4 Å². The number of aliphatic hydroxyl groups is 1. The molecule has 0 amide bonds. The standard InChI is InChI=1S/C16H34O.Al.H2O4S.3H/c1-2-3-4-5-6-7-8-9-10-11-12-13-14-15-16-17;;1-5(2,3)4;;;/h17H,2-16H2,1H3;;(H2,1,2,3,4);;;. The van der Waals surface area contributed by atoms with Crippen LogP contribution < -0.4 is 0 Å². The zero-order valence-electron chi connectivity index (χ0n) is 14.2. The topological polar surface area (TPSA) is 94.8 Å². The highest BCUT2D eigenvalue weighted by molar-refractivity contribution is 7.79. The van der Waals surface area contributed by atoms with Gasteiger partial charge in [-0.2, -0.15) is 8.42 Å². The Morgan fingerprint density at radius 2 is 0.826 bits per heavy atom. The van der Waals surface area contributed by atoms with Gasteiger partial charge in [0.2, 0.25) is 0 Å². The highest BCUT2D eigenvalue weighted by atomic mass is 32.3. The molecule has 0 aliphatic heterocycles. The molecule has 0 saturated heterocycles. The van der Waals surface area contributed by atoms with E-state index in [9.17, 15) is 0 Å². The van der Waals surface area contributed by atoms with Gasteiger partial charge in [0, 0.05) is 6.61 Å². The van der Waals surface area contributed by atoms with Crippen LogP contribution in [-0.4, -0.2) is 46.6 Å². The predicted molar refractivity (Wildman–Crippen MR) is 102 cm³/mol. The Kier molecular flexibility index (Phi) is 27.4. The van der Waals surface area contributed by atoms with Gasteiger partial charge < -0.3 is 5.11 Å². The van der Waals surface area contributed by atoms with Gasteiger partial charge in [-0.3, -0.25) is 9.11 Å². The molecule has 0 aliphatic rings. The molecule has 3 N–H and O–H groups in total. The van der Waals surface area contributed by atoms with Gasteiger partial charge in [-0.25, -0.2) is 0 Å². The Labute approximate surface area is 154 Å². The average Bonchev–Trinajstić information content (AvgIpc) is 2.42. The Hall–Kier alpha value is 0.362. The smallest absolute Gasteiger partial charge is 0.394 e. The van der Waals surface area contributed by atoms with E-state index in [1.807, 2.05) is 0 Å². The van der Waals surface area contributed by atoms with Crippen LogP contribution in [-0.2, 0) is 10.4 Å². The van der Waals surface area contributed by atoms with Crippen molar-refractivity contribution in [1.82, 2.24) is 0 Å². The van der Waals surface area contributed by atoms with Crippen LogP contribution in [0.25, 0.3) is 0 Å². The van der Waals surface area contributed by atoms with Gasteiger partial charge in [0.05, 0.1) is 0 Å². The second-order valence-electron chi connectivity index (χ2n) is 5.77. The SMILES string of the molecule is CCCCCCCCCCCCCCCCO.O=S(=O)(O)O.[AlH3]. The molecule has 0 radical (unpaired) electrons. The summed E-state index contributed by atoms with van der Waals surface area (Å²) in [6.07, 6.45) is 19.2. The first-order valence-electron chi connectivity index (χ1n) is 8.72. The molecule has 0 aromatic rings. The first kappa shape index (κ1) is 28.2. The largest absolute Gasteiger partial charge is 0.396 e. The fourth-order valence-electron chi connectivity index (χ4n) is 2.31. The molecule has 0 rings (SSSR count). The van der Waals surface area contributed by atoms with Gasteiger partial charge in [-0.05, 0) is 6.42 Å². The third-order valence-corrected chi connectivity index (χ3v) is 3.51. The first-order valence-corrected chi connectivity index (χ1v) is 10.1. The Morgan fingerprint density at radius 3 is 1.04 bits per heavy atom. The summed E-state index contributed by atoms with van der Waals surface area (Å²) in [7, 11) is -4.67. The van der Waals surface area contributed by atoms with Crippen molar-refractivity contribution < 1.29 is 22.6 Å². The lowest BCUT2D eigenvalue weighted by Gasteiger charge is -2.02. The quantitative estimate of drug-likeness (QED) is 0.247. The number of unbranched alkanes of at least 4 members (excludes halogenated alkanes) is 13. The van der Waals surface area contributed by atoms with E-state index >= 15 is 0 Å². The molecule has 7 heteroatoms. The minimum atomic E-state index is -4.67. The summed E-state index contributed by atoms with van der Waals surface area (Å²) in [6, 6.07) is 0. The van der Waals surface area contributed by atoms with Crippen LogP contribution >= 0.6 is 0 Å². The third-order valence-electron chi connectivity index (χ3n) is 3.51. The molecular formula is C16H39AlO5S. The van der Waals surface area contributed by atoms with Gasteiger partial charge in [0.25, 0.3) is 0 Å². The van der Waals surface area contributed by atoms with Crippen molar-refractivity contribution in [2.45, 2.75) is 96.8 Å². The number of hydrogen-bond acceptors (Lipinski definition) is 3. The summed E-state index contributed by atoms with van der Waals surface area (Å²) in [4.78, 5) is 0. The fraction of sp³-hybridized carbons (Fsp3) is 1.00. The molecule has 5 nitrogen and oxygen atoms in total. The number of aliphatic hydroxyl groups excluding tert-OH is 1. The maximum atomic E-state index is 8.74. The Morgan fingerprint density at radius 1 is 0.609 bits per heavy atom. The van der Waals surface area contributed by atoms with Crippen LogP contribution in [0.4, 0.5) is 0 Å². The van der Waals surface area contributed by atoms with Crippen molar-refractivity contribution in [2.75, 3.05) is 6.61 Å². The molecule has 0 spiro atoms. The molecule has 0 atom stereocenters. The minimum Gasteiger partial charge on any atom is -0.396 e. The maximum absolute atomic E-state index is 8.74. The van der Waals surface area contributed by atoms with Crippen molar-refractivity contribution >= 4 is 27.8 Å². The molecule has 0 bridgehead atoms. The van der Waals surface area contributed by atoms with Crippen molar-refractivity contribution in [3.63, 3.8) is 0 Å². The Bertz CT molecular complexity index is 275. The molecule has 0 aromatic carbocycles. The van der Waals surface area contributed by atoms with E-state index in [0.29, 0.717) is 6.61 Å². The van der Waals surface area contributed by atoms with E-state index in [4.69, 9.17) is 22.6 Å². The molecule has 23 heavy (non-hydrogen) atoms. The lowest BCUT2D eigenvalue weighted by molar-refractivity contribution is 0.282. The van der Waals surface area contributed by atoms with Crippen LogP contribution in [0.2, 0.25) is 0 Å². The molecule has 0 unspecified atom stereocenters. The van der Waals surface area contributed by atoms with Crippen molar-refractivity contribution in [3.8, 4) is 0 Å². The average molecular weight is 371 g/mol. The summed E-state index contributed by atoms with van der Waals surface area (Å²) >= 11 is 0. The molecular weight excluding hydrogens is 331 g/mol. The van der Waals surface area contributed by atoms with Gasteiger partial charge in [0.15, 0.2) is 17.4 Å². The summed E-state index contributed by atoms with van der Waals surface area (Å²) in [6.45, 7) is 2.65. The maximum Gasteiger partial charge on any atom is 0.394 e. The fourth-order valence-corrected chi connectivity index (χ4v) is 2.31. The molecule has 0 aliphatic carbocycles. The summed E-state index contributed by atoms with van der Waals surface area (Å²) < 4.78 is 31.6. The van der Waals surface area contributed by atoms with Crippen molar-refractivity contribution in [2.24, 2.45) is 0 Å². The highest BCUT2D eigenvalue weighted by Gasteiger charge is 1.93. The van der Waals surface area contributed by atoms with Gasteiger partial charge in [-0.15, -0.1) is 0 Å². The van der Waals surface area contributed by atoms with E-state index in [0.717, 1.165) is 6.42 Å². The Balaban J connectivity index is -0.000000578. The van der Waals surface area contributed by atoms with Gasteiger partial charge in [-0.1, -0.05) is 90.4 Å². The molecule has 0 fully saturated rings. The molecule has 0 heterocycles. The summed E-state index contributed by atoms with van der Waals surface area (Å²) in [5.74, 6) is 0. The van der Waals surface area contributed by atoms with Crippen LogP contribution in [0.5, 0.6) is 0 Å². The second kappa shape index (κ2) is 22.4. The van der Waals surface area contributed by atoms with Crippen molar-refractivity contribution in [1.29, 1.82) is 0 Å². The van der Waals surface area contributed by atoms with Crippen LogP contribution in [0.3, 0.4) is 0 Å². The van der Waals surface area contributed by atoms with E-state index in [1.165, 1.54) is 83.5 Å². The lowest BCUT2D eigenvalue weighted by atomic mass is 10.0. The molecule has 142 valence electrons. The molecule has 0 aromatic heterocycles. The van der Waals surface area contributed by atoms with Crippen molar-refractivity contribution in [3.05, 3.63) is 0 Å². The van der Waals surface area contributed by atoms with Crippen LogP contribution in [0.1, 0.15) is 96.8 Å². The predicted octanol–water partition coefficient (Wildman–Crippen LogP) is 3.62. The van der Waals surface area contributed by atoms with E-state index < -0.39 is 10.4 Å². The van der Waals surface area contributed by atoms with Crippen LogP contribution in [0, 0.1) is 0 Å². The second-order valence-corrected chi connectivity index (χ2v) is 6.66. The van der Waals surface area contributed by atoms with E-state index in [1.54, 1.807) is 0 Å². The van der Waals surface area contributed by atoms with E-state index in [-0.39, 0.29) is 17.4 Å². The minimum absolute atomic E-state index is 0. The zero-order valence-corrected chi connectivity index (χ0v) is 15.0. The van der Waals surface area contributed by atoms with E-state index in [2.05, 4.69) is 6.92 Å². The normalized spacial score (nSPS) is 10.6. The monoisotopic (exact) mass is 370 g/mol. The summed E-state index contributed by atoms with van der Waals surface area (Å²) in [5, 5.41) is 8.64. The molecule has 0 saturated carbocycles. The van der Waals surface area contributed by atoms with Crippen LogP contribution in [0.15, 0.2) is 0 Å². The van der Waals surface area contributed by atoms with Gasteiger partial charge in [0.1, 0.15) is 0 Å². The third kappa shape index (κ3) is 44.9. The zero-order chi connectivity index (χ0) is 17.1. The highest BCUT2D eigenvalue weighted by Crippen LogP contribution is 2.12. The number of hydrogen-bond donors (Lipinski definition) is 3. The summed E-state index contributed by atoms with van der Waals surface area (Å²) in [5.41, 5.74) is 0. The lowest BCUT2D eigenvalue weighted by Crippen LogP contribution is -1.89.